The number of unbranched alkanes of at least 4 members (excludes halogenated alkanes) is 1. The number of nitriles is 1. The first-order chi connectivity index (χ1) is 9.83. The molecule has 20 heavy (non-hydrogen) atoms. The number of rotatable bonds is 5. The van der Waals surface area contributed by atoms with Gasteiger partial charge in [0.15, 0.2) is 0 Å². The predicted octanol–water partition coefficient (Wildman–Crippen LogP) is 5.58. The van der Waals surface area contributed by atoms with Gasteiger partial charge in [0.05, 0.1) is 11.6 Å². The number of allylic oxidation sites excluding steroid dienone is 2. The van der Waals surface area contributed by atoms with E-state index >= 15 is 0 Å². The maximum absolute atomic E-state index is 8.84. The van der Waals surface area contributed by atoms with Gasteiger partial charge in [0.1, 0.15) is 0 Å². The molecule has 1 saturated carbocycles. The van der Waals surface area contributed by atoms with E-state index in [1.165, 1.54) is 50.5 Å². The van der Waals surface area contributed by atoms with E-state index in [4.69, 9.17) is 5.26 Å². The Hall–Kier alpha value is -1.55. The Kier molecular flexibility index (Phi) is 5.87. The van der Waals surface area contributed by atoms with E-state index in [-0.39, 0.29) is 0 Å². The van der Waals surface area contributed by atoms with Gasteiger partial charge in [-0.15, -0.1) is 0 Å². The topological polar surface area (TPSA) is 23.8 Å². The van der Waals surface area contributed by atoms with Crippen LogP contribution in [0.1, 0.15) is 68.9 Å². The first-order valence-electron chi connectivity index (χ1n) is 7.94. The minimum Gasteiger partial charge on any atom is -0.192 e. The van der Waals surface area contributed by atoms with Crippen LogP contribution < -0.4 is 0 Å². The highest BCUT2D eigenvalue weighted by Gasteiger charge is 2.21. The van der Waals surface area contributed by atoms with E-state index in [2.05, 4.69) is 37.3 Å². The molecule has 1 aliphatic carbocycles. The molecule has 1 heteroatoms. The van der Waals surface area contributed by atoms with E-state index in [1.54, 1.807) is 0 Å². The molecular formula is C19H25N. The second-order valence-electron chi connectivity index (χ2n) is 5.95. The van der Waals surface area contributed by atoms with Gasteiger partial charge < -0.3 is 0 Å². The number of benzene rings is 1. The third-order valence-electron chi connectivity index (χ3n) is 4.58. The van der Waals surface area contributed by atoms with Crippen molar-refractivity contribution in [2.45, 2.75) is 57.8 Å². The van der Waals surface area contributed by atoms with E-state index in [0.717, 1.165) is 17.4 Å². The minimum absolute atomic E-state index is 0.717. The lowest BCUT2D eigenvalue weighted by Gasteiger charge is -2.28. The highest BCUT2D eigenvalue weighted by molar-refractivity contribution is 5.33. The molecule has 0 N–H and O–H groups in total. The highest BCUT2D eigenvalue weighted by atomic mass is 14.3. The van der Waals surface area contributed by atoms with Crippen molar-refractivity contribution in [1.82, 2.24) is 0 Å². The molecule has 1 aromatic rings. The van der Waals surface area contributed by atoms with Crippen LogP contribution in [0.15, 0.2) is 36.4 Å². The van der Waals surface area contributed by atoms with Gasteiger partial charge in [-0.25, -0.2) is 0 Å². The van der Waals surface area contributed by atoms with E-state index in [9.17, 15) is 0 Å². The Morgan fingerprint density at radius 1 is 1.15 bits per heavy atom. The standard InChI is InChI=1S/C19H25N/c1-2-3-4-5-6-16-7-11-18(12-8-16)19-13-9-17(15-20)10-14-19/h2-3,9-10,13-14,16,18H,4-8,11-12H2,1H3. The Labute approximate surface area is 123 Å². The van der Waals surface area contributed by atoms with Crippen LogP contribution in [0.4, 0.5) is 0 Å². The summed E-state index contributed by atoms with van der Waals surface area (Å²) >= 11 is 0. The molecule has 1 aliphatic rings. The van der Waals surface area contributed by atoms with Crippen LogP contribution in [0.25, 0.3) is 0 Å². The van der Waals surface area contributed by atoms with Gasteiger partial charge in [-0.1, -0.05) is 30.7 Å². The summed E-state index contributed by atoms with van der Waals surface area (Å²) in [6.45, 7) is 2.10. The molecule has 1 nitrogen and oxygen atoms in total. The molecule has 0 amide bonds. The monoisotopic (exact) mass is 267 g/mol. The molecular weight excluding hydrogens is 242 g/mol. The van der Waals surface area contributed by atoms with Crippen LogP contribution in [0.2, 0.25) is 0 Å². The smallest absolute Gasteiger partial charge is 0.0991 e. The van der Waals surface area contributed by atoms with Gasteiger partial charge in [0.25, 0.3) is 0 Å². The molecule has 0 atom stereocenters. The maximum Gasteiger partial charge on any atom is 0.0991 e. The summed E-state index contributed by atoms with van der Waals surface area (Å²) in [5.41, 5.74) is 2.20. The van der Waals surface area contributed by atoms with E-state index < -0.39 is 0 Å². The first-order valence-corrected chi connectivity index (χ1v) is 7.94. The minimum atomic E-state index is 0.717. The fourth-order valence-corrected chi connectivity index (χ4v) is 3.31. The molecule has 0 aromatic heterocycles. The first kappa shape index (κ1) is 14.9. The molecule has 1 fully saturated rings. The second-order valence-corrected chi connectivity index (χ2v) is 5.95. The normalized spacial score (nSPS) is 22.8. The molecule has 0 unspecified atom stereocenters. The lowest BCUT2D eigenvalue weighted by atomic mass is 9.77. The number of nitrogens with zero attached hydrogens (tertiary/aromatic N) is 1. The zero-order valence-electron chi connectivity index (χ0n) is 12.5. The summed E-state index contributed by atoms with van der Waals surface area (Å²) in [7, 11) is 0. The lowest BCUT2D eigenvalue weighted by Crippen LogP contribution is -2.13. The summed E-state index contributed by atoms with van der Waals surface area (Å²) in [4.78, 5) is 0. The van der Waals surface area contributed by atoms with Crippen molar-refractivity contribution >= 4 is 0 Å². The summed E-state index contributed by atoms with van der Waals surface area (Å²) in [5.74, 6) is 1.66. The fraction of sp³-hybridized carbons (Fsp3) is 0.526. The van der Waals surface area contributed by atoms with Crippen molar-refractivity contribution in [3.05, 3.63) is 47.5 Å². The van der Waals surface area contributed by atoms with Crippen LogP contribution in [0.5, 0.6) is 0 Å². The molecule has 0 spiro atoms. The Morgan fingerprint density at radius 2 is 1.85 bits per heavy atom. The molecule has 0 bridgehead atoms. The molecule has 0 radical (unpaired) electrons. The van der Waals surface area contributed by atoms with Gasteiger partial charge in [-0.3, -0.25) is 0 Å². The van der Waals surface area contributed by atoms with E-state index in [0.29, 0.717) is 0 Å². The van der Waals surface area contributed by atoms with Crippen LogP contribution >= 0.6 is 0 Å². The molecule has 0 heterocycles. The largest absolute Gasteiger partial charge is 0.192 e. The predicted molar refractivity (Wildman–Crippen MR) is 84.5 cm³/mol. The maximum atomic E-state index is 8.84. The highest BCUT2D eigenvalue weighted by Crippen LogP contribution is 2.37. The van der Waals surface area contributed by atoms with Crippen molar-refractivity contribution in [2.75, 3.05) is 0 Å². The van der Waals surface area contributed by atoms with Crippen molar-refractivity contribution in [3.63, 3.8) is 0 Å². The van der Waals surface area contributed by atoms with Gasteiger partial charge >= 0.3 is 0 Å². The van der Waals surface area contributed by atoms with Crippen LogP contribution in [-0.2, 0) is 0 Å². The van der Waals surface area contributed by atoms with Gasteiger partial charge in [0, 0.05) is 0 Å². The lowest BCUT2D eigenvalue weighted by molar-refractivity contribution is 0.305. The summed E-state index contributed by atoms with van der Waals surface area (Å²) in [6.07, 6.45) is 13.8. The molecule has 0 aliphatic heterocycles. The molecule has 2 rings (SSSR count). The summed E-state index contributed by atoms with van der Waals surface area (Å²) in [5, 5.41) is 8.84. The Bertz CT molecular complexity index is 456. The number of hydrogen-bond donors (Lipinski definition) is 0. The molecule has 0 saturated heterocycles. The Balaban J connectivity index is 1.77. The van der Waals surface area contributed by atoms with Gasteiger partial charge in [-0.2, -0.15) is 5.26 Å². The number of hydrogen-bond acceptors (Lipinski definition) is 1. The van der Waals surface area contributed by atoms with Crippen LogP contribution in [-0.4, -0.2) is 0 Å². The summed E-state index contributed by atoms with van der Waals surface area (Å²) in [6, 6.07) is 10.4. The SMILES string of the molecule is CC=CCCCC1CCC(c2ccc(C#N)cc2)CC1. The third kappa shape index (κ3) is 4.23. The van der Waals surface area contributed by atoms with Crippen LogP contribution in [0.3, 0.4) is 0 Å². The molecule has 1 aromatic carbocycles. The van der Waals surface area contributed by atoms with Gasteiger partial charge in [-0.05, 0) is 75.0 Å². The Morgan fingerprint density at radius 3 is 2.45 bits per heavy atom. The fourth-order valence-electron chi connectivity index (χ4n) is 3.31. The van der Waals surface area contributed by atoms with Crippen molar-refractivity contribution in [1.29, 1.82) is 5.26 Å². The average molecular weight is 267 g/mol. The zero-order chi connectivity index (χ0) is 14.2. The zero-order valence-corrected chi connectivity index (χ0v) is 12.5. The van der Waals surface area contributed by atoms with Crippen molar-refractivity contribution in [2.24, 2.45) is 5.92 Å². The van der Waals surface area contributed by atoms with Crippen molar-refractivity contribution in [3.8, 4) is 6.07 Å². The van der Waals surface area contributed by atoms with E-state index in [1.807, 2.05) is 12.1 Å². The third-order valence-corrected chi connectivity index (χ3v) is 4.58. The van der Waals surface area contributed by atoms with Crippen molar-refractivity contribution < 1.29 is 0 Å². The quantitative estimate of drug-likeness (QED) is 0.504. The molecule has 106 valence electrons. The van der Waals surface area contributed by atoms with Crippen LogP contribution in [0, 0.1) is 17.2 Å². The second kappa shape index (κ2) is 7.90. The van der Waals surface area contributed by atoms with Gasteiger partial charge in [0.2, 0.25) is 0 Å². The average Bonchev–Trinajstić information content (AvgIpc) is 2.52. The summed E-state index contributed by atoms with van der Waals surface area (Å²) < 4.78 is 0.